The van der Waals surface area contributed by atoms with E-state index in [4.69, 9.17) is 15.6 Å². The Morgan fingerprint density at radius 1 is 1.47 bits per heavy atom. The molecule has 1 amide bonds. The van der Waals surface area contributed by atoms with Crippen LogP contribution in [0.5, 0.6) is 0 Å². The topological polar surface area (TPSA) is 111 Å². The first kappa shape index (κ1) is 14.3. The number of rotatable bonds is 3. The van der Waals surface area contributed by atoms with Gasteiger partial charge in [0.05, 0.1) is 18.8 Å². The van der Waals surface area contributed by atoms with E-state index in [0.717, 1.165) is 6.20 Å². The lowest BCUT2D eigenvalue weighted by atomic mass is 10.2. The van der Waals surface area contributed by atoms with Crippen LogP contribution in [-0.2, 0) is 16.0 Å². The maximum atomic E-state index is 12.7. The molecule has 2 heterocycles. The number of carboxylic acid groups (broad SMARTS) is 1. The molecule has 0 fully saturated rings. The van der Waals surface area contributed by atoms with Gasteiger partial charge in [-0.25, -0.2) is 14.1 Å². The summed E-state index contributed by atoms with van der Waals surface area (Å²) in [6.07, 6.45) is 3.97. The van der Waals surface area contributed by atoms with Crippen molar-refractivity contribution in [2.24, 2.45) is 5.73 Å². The van der Waals surface area contributed by atoms with E-state index in [2.05, 4.69) is 10.1 Å². The van der Waals surface area contributed by atoms with Crippen LogP contribution in [0.3, 0.4) is 0 Å². The minimum absolute atomic E-state index is 0.140. The number of carbonyl (C=O) groups is 2. The van der Waals surface area contributed by atoms with Crippen LogP contribution in [0.25, 0.3) is 5.82 Å². The molecule has 2 rings (SSSR count). The third kappa shape index (κ3) is 4.54. The van der Waals surface area contributed by atoms with Crippen LogP contribution in [0, 0.1) is 5.82 Å². The molecule has 0 unspecified atom stereocenters. The Bertz CT molecular complexity index is 553. The molecule has 0 aliphatic carbocycles. The van der Waals surface area contributed by atoms with Gasteiger partial charge in [-0.15, -0.1) is 0 Å². The predicted molar refractivity (Wildman–Crippen MR) is 62.9 cm³/mol. The van der Waals surface area contributed by atoms with Crippen molar-refractivity contribution in [3.63, 3.8) is 0 Å². The highest BCUT2D eigenvalue weighted by Gasteiger charge is 2.03. The van der Waals surface area contributed by atoms with E-state index >= 15 is 0 Å². The molecule has 0 aromatic carbocycles. The molecule has 0 saturated heterocycles. The SMILES string of the molecule is NC(=O)Cc1ccc(-n2cc(F)cn2)nc1.O=CO. The first-order valence-electron chi connectivity index (χ1n) is 5.08. The van der Waals surface area contributed by atoms with Crippen molar-refractivity contribution in [1.29, 1.82) is 0 Å². The Kier molecular flexibility index (Phi) is 5.15. The molecule has 19 heavy (non-hydrogen) atoms. The van der Waals surface area contributed by atoms with Crippen molar-refractivity contribution in [3.05, 3.63) is 42.1 Å². The van der Waals surface area contributed by atoms with Gasteiger partial charge < -0.3 is 10.8 Å². The zero-order valence-corrected chi connectivity index (χ0v) is 9.73. The molecule has 0 spiro atoms. The number of amides is 1. The number of aromatic nitrogens is 3. The summed E-state index contributed by atoms with van der Waals surface area (Å²) in [4.78, 5) is 23.1. The van der Waals surface area contributed by atoms with Gasteiger partial charge in [0.25, 0.3) is 6.47 Å². The lowest BCUT2D eigenvalue weighted by Crippen LogP contribution is -2.13. The molecular formula is C11H11FN4O3. The summed E-state index contributed by atoms with van der Waals surface area (Å²) >= 11 is 0. The van der Waals surface area contributed by atoms with Gasteiger partial charge in [-0.05, 0) is 11.6 Å². The number of carbonyl (C=O) groups excluding carboxylic acids is 1. The molecule has 0 aliphatic rings. The lowest BCUT2D eigenvalue weighted by Gasteiger charge is -2.01. The Labute approximate surface area is 107 Å². The Balaban J connectivity index is 0.000000550. The summed E-state index contributed by atoms with van der Waals surface area (Å²) in [6.45, 7) is -0.250. The van der Waals surface area contributed by atoms with Gasteiger partial charge in [-0.1, -0.05) is 6.07 Å². The molecule has 0 atom stereocenters. The summed E-state index contributed by atoms with van der Waals surface area (Å²) in [6, 6.07) is 3.34. The smallest absolute Gasteiger partial charge is 0.290 e. The number of hydrogen-bond acceptors (Lipinski definition) is 4. The highest BCUT2D eigenvalue weighted by molar-refractivity contribution is 5.76. The molecule has 3 N–H and O–H groups in total. The van der Waals surface area contributed by atoms with E-state index in [0.29, 0.717) is 11.4 Å². The molecule has 7 nitrogen and oxygen atoms in total. The Hall–Kier alpha value is -2.77. The number of pyridine rings is 1. The minimum atomic E-state index is -0.428. The van der Waals surface area contributed by atoms with Gasteiger partial charge in [0, 0.05) is 6.20 Å². The summed E-state index contributed by atoms with van der Waals surface area (Å²) < 4.78 is 14.0. The van der Waals surface area contributed by atoms with Crippen LogP contribution in [0.4, 0.5) is 4.39 Å². The third-order valence-corrected chi connectivity index (χ3v) is 1.97. The predicted octanol–water partition coefficient (Wildman–Crippen LogP) is 0.135. The van der Waals surface area contributed by atoms with Gasteiger partial charge in [0.2, 0.25) is 5.91 Å². The van der Waals surface area contributed by atoms with Crippen molar-refractivity contribution in [3.8, 4) is 5.82 Å². The maximum absolute atomic E-state index is 12.7. The van der Waals surface area contributed by atoms with Crippen LogP contribution in [0.2, 0.25) is 0 Å². The van der Waals surface area contributed by atoms with Gasteiger partial charge in [-0.2, -0.15) is 5.10 Å². The number of hydrogen-bond donors (Lipinski definition) is 2. The van der Waals surface area contributed by atoms with E-state index in [-0.39, 0.29) is 12.9 Å². The monoisotopic (exact) mass is 266 g/mol. The largest absolute Gasteiger partial charge is 0.483 e. The fourth-order valence-electron chi connectivity index (χ4n) is 1.28. The second-order valence-corrected chi connectivity index (χ2v) is 3.38. The number of nitrogens with two attached hydrogens (primary N) is 1. The van der Waals surface area contributed by atoms with E-state index < -0.39 is 11.7 Å². The van der Waals surface area contributed by atoms with Crippen LogP contribution in [-0.4, -0.2) is 32.3 Å². The van der Waals surface area contributed by atoms with Crippen LogP contribution >= 0.6 is 0 Å². The molecule has 0 bridgehead atoms. The number of nitrogens with zero attached hydrogens (tertiary/aromatic N) is 3. The molecule has 8 heteroatoms. The molecule has 2 aromatic heterocycles. The van der Waals surface area contributed by atoms with Crippen LogP contribution in [0.15, 0.2) is 30.7 Å². The molecule has 2 aromatic rings. The van der Waals surface area contributed by atoms with Crippen molar-refractivity contribution >= 4 is 12.4 Å². The number of halogens is 1. The fourth-order valence-corrected chi connectivity index (χ4v) is 1.28. The standard InChI is InChI=1S/C10H9FN4O.CH2O2/c11-8-5-14-15(6-8)10-2-1-7(4-13-10)3-9(12)16;2-1-3/h1-2,4-6H,3H2,(H2,12,16);1H,(H,2,3). The van der Waals surface area contributed by atoms with E-state index in [1.54, 1.807) is 12.1 Å². The minimum Gasteiger partial charge on any atom is -0.483 e. The second-order valence-electron chi connectivity index (χ2n) is 3.38. The second kappa shape index (κ2) is 6.84. The quantitative estimate of drug-likeness (QED) is 0.767. The summed E-state index contributed by atoms with van der Waals surface area (Å²) in [5.41, 5.74) is 5.76. The third-order valence-electron chi connectivity index (χ3n) is 1.97. The highest BCUT2D eigenvalue weighted by Crippen LogP contribution is 2.06. The average Bonchev–Trinajstić information content (AvgIpc) is 2.77. The van der Waals surface area contributed by atoms with E-state index in [1.807, 2.05) is 0 Å². The van der Waals surface area contributed by atoms with E-state index in [1.165, 1.54) is 17.1 Å². The molecule has 0 saturated carbocycles. The summed E-state index contributed by atoms with van der Waals surface area (Å²) in [7, 11) is 0. The Morgan fingerprint density at radius 2 is 2.16 bits per heavy atom. The normalized spacial score (nSPS) is 9.32. The van der Waals surface area contributed by atoms with Gasteiger partial charge in [-0.3, -0.25) is 9.59 Å². The molecule has 0 radical (unpaired) electrons. The summed E-state index contributed by atoms with van der Waals surface area (Å²) in [5.74, 6) is -0.361. The Morgan fingerprint density at radius 3 is 2.58 bits per heavy atom. The number of primary amides is 1. The van der Waals surface area contributed by atoms with Crippen molar-refractivity contribution < 1.29 is 19.1 Å². The van der Waals surface area contributed by atoms with Gasteiger partial charge in [0.1, 0.15) is 0 Å². The highest BCUT2D eigenvalue weighted by atomic mass is 19.1. The zero-order chi connectivity index (χ0) is 14.3. The van der Waals surface area contributed by atoms with Gasteiger partial charge >= 0.3 is 0 Å². The molecule has 100 valence electrons. The maximum Gasteiger partial charge on any atom is 0.290 e. The molecular weight excluding hydrogens is 255 g/mol. The lowest BCUT2D eigenvalue weighted by molar-refractivity contribution is -0.123. The van der Waals surface area contributed by atoms with Crippen molar-refractivity contribution in [1.82, 2.24) is 14.8 Å². The zero-order valence-electron chi connectivity index (χ0n) is 9.73. The van der Waals surface area contributed by atoms with Crippen molar-refractivity contribution in [2.75, 3.05) is 0 Å². The van der Waals surface area contributed by atoms with E-state index in [9.17, 15) is 9.18 Å². The molecule has 0 aliphatic heterocycles. The van der Waals surface area contributed by atoms with Crippen LogP contribution in [0.1, 0.15) is 5.56 Å². The first-order valence-corrected chi connectivity index (χ1v) is 5.08. The summed E-state index contributed by atoms with van der Waals surface area (Å²) in [5, 5.41) is 10.7. The van der Waals surface area contributed by atoms with Crippen molar-refractivity contribution in [2.45, 2.75) is 6.42 Å². The average molecular weight is 266 g/mol. The van der Waals surface area contributed by atoms with Gasteiger partial charge in [0.15, 0.2) is 11.6 Å². The fraction of sp³-hybridized carbons (Fsp3) is 0.0909. The van der Waals surface area contributed by atoms with Crippen LogP contribution < -0.4 is 5.73 Å². The first-order chi connectivity index (χ1) is 9.06.